The van der Waals surface area contributed by atoms with Crippen molar-refractivity contribution in [3.05, 3.63) is 35.4 Å². The topological polar surface area (TPSA) is 43.8 Å². The zero-order valence-corrected chi connectivity index (χ0v) is 17.2. The zero-order chi connectivity index (χ0) is 19.3. The Morgan fingerprint density at radius 1 is 1.04 bits per heavy atom. The Bertz CT molecular complexity index is 656. The van der Waals surface area contributed by atoms with Crippen molar-refractivity contribution in [1.82, 2.24) is 9.80 Å². The summed E-state index contributed by atoms with van der Waals surface area (Å²) in [5.41, 5.74) is 2.86. The van der Waals surface area contributed by atoms with Crippen molar-refractivity contribution >= 4 is 5.91 Å². The summed E-state index contributed by atoms with van der Waals surface area (Å²) in [5, 5.41) is 9.46. The summed E-state index contributed by atoms with van der Waals surface area (Å²) in [6.45, 7) is 4.00. The highest BCUT2D eigenvalue weighted by molar-refractivity contribution is 5.77. The number of aliphatic hydroxyl groups is 1. The number of benzene rings is 1. The van der Waals surface area contributed by atoms with Crippen LogP contribution >= 0.6 is 0 Å². The van der Waals surface area contributed by atoms with Crippen LogP contribution in [0.25, 0.3) is 0 Å². The summed E-state index contributed by atoms with van der Waals surface area (Å²) < 4.78 is 0. The van der Waals surface area contributed by atoms with E-state index in [-0.39, 0.29) is 12.6 Å². The van der Waals surface area contributed by atoms with Gasteiger partial charge < -0.3 is 14.9 Å². The first-order valence-corrected chi connectivity index (χ1v) is 11.5. The van der Waals surface area contributed by atoms with Gasteiger partial charge in [-0.25, -0.2) is 0 Å². The summed E-state index contributed by atoms with van der Waals surface area (Å²) >= 11 is 0. The Kier molecular flexibility index (Phi) is 6.69. The van der Waals surface area contributed by atoms with Gasteiger partial charge in [0, 0.05) is 32.7 Å². The molecule has 4 rings (SSSR count). The maximum atomic E-state index is 13.3. The van der Waals surface area contributed by atoms with Gasteiger partial charge in [0.05, 0.1) is 6.04 Å². The largest absolute Gasteiger partial charge is 0.396 e. The SMILES string of the molecule is O=C(CCN1CCCC(CO)C1)N1CCc2ccccc2C1C1CCCCC1. The van der Waals surface area contributed by atoms with Crippen molar-refractivity contribution in [2.45, 2.75) is 63.8 Å². The Morgan fingerprint density at radius 2 is 1.86 bits per heavy atom. The minimum absolute atomic E-state index is 0.275. The second-order valence-corrected chi connectivity index (χ2v) is 9.12. The first kappa shape index (κ1) is 19.9. The molecule has 28 heavy (non-hydrogen) atoms. The quantitative estimate of drug-likeness (QED) is 0.840. The van der Waals surface area contributed by atoms with E-state index in [1.165, 1.54) is 43.2 Å². The Morgan fingerprint density at radius 3 is 2.68 bits per heavy atom. The van der Waals surface area contributed by atoms with E-state index in [0.717, 1.165) is 45.4 Å². The third-order valence-corrected chi connectivity index (χ3v) is 7.25. The van der Waals surface area contributed by atoms with Gasteiger partial charge in [-0.3, -0.25) is 4.79 Å². The smallest absolute Gasteiger partial charge is 0.224 e. The standard InChI is InChI=1S/C24H36N2O2/c27-18-19-7-6-14-25(17-19)15-13-23(28)26-16-12-20-8-4-5-11-22(20)24(26)21-9-2-1-3-10-21/h4-5,8,11,19,21,24,27H,1-3,6-7,9-10,12-18H2. The lowest BCUT2D eigenvalue weighted by atomic mass is 9.77. The van der Waals surface area contributed by atoms with Gasteiger partial charge in [0.15, 0.2) is 0 Å². The van der Waals surface area contributed by atoms with Gasteiger partial charge in [-0.05, 0) is 61.6 Å². The number of carbonyl (C=O) groups excluding carboxylic acids is 1. The number of carbonyl (C=O) groups is 1. The number of fused-ring (bicyclic) bond motifs is 1. The van der Waals surface area contributed by atoms with Crippen LogP contribution < -0.4 is 0 Å². The number of rotatable bonds is 5. The molecular formula is C24H36N2O2. The minimum Gasteiger partial charge on any atom is -0.396 e. The predicted molar refractivity (Wildman–Crippen MR) is 112 cm³/mol. The van der Waals surface area contributed by atoms with E-state index >= 15 is 0 Å². The number of aliphatic hydroxyl groups excluding tert-OH is 1. The van der Waals surface area contributed by atoms with Gasteiger partial charge in [-0.2, -0.15) is 0 Å². The van der Waals surface area contributed by atoms with E-state index in [4.69, 9.17) is 0 Å². The highest BCUT2D eigenvalue weighted by atomic mass is 16.3. The fraction of sp³-hybridized carbons (Fsp3) is 0.708. The highest BCUT2D eigenvalue weighted by Crippen LogP contribution is 2.42. The van der Waals surface area contributed by atoms with E-state index < -0.39 is 0 Å². The third kappa shape index (κ3) is 4.44. The van der Waals surface area contributed by atoms with E-state index in [1.807, 2.05) is 0 Å². The zero-order valence-electron chi connectivity index (χ0n) is 17.2. The average Bonchev–Trinajstić information content (AvgIpc) is 2.77. The van der Waals surface area contributed by atoms with Crippen LogP contribution in [0.1, 0.15) is 68.5 Å². The molecule has 1 aliphatic carbocycles. The van der Waals surface area contributed by atoms with E-state index in [0.29, 0.717) is 24.2 Å². The van der Waals surface area contributed by atoms with E-state index in [9.17, 15) is 9.90 Å². The lowest BCUT2D eigenvalue weighted by molar-refractivity contribution is -0.136. The highest BCUT2D eigenvalue weighted by Gasteiger charge is 2.36. The molecule has 2 aliphatic heterocycles. The van der Waals surface area contributed by atoms with E-state index in [2.05, 4.69) is 34.1 Å². The molecule has 0 spiro atoms. The van der Waals surface area contributed by atoms with Gasteiger partial charge >= 0.3 is 0 Å². The molecule has 1 N–H and O–H groups in total. The molecule has 1 aromatic carbocycles. The first-order valence-electron chi connectivity index (χ1n) is 11.5. The molecule has 0 aromatic heterocycles. The molecule has 1 aromatic rings. The number of likely N-dealkylation sites (tertiary alicyclic amines) is 1. The van der Waals surface area contributed by atoms with Gasteiger partial charge in [0.2, 0.25) is 5.91 Å². The van der Waals surface area contributed by atoms with Gasteiger partial charge in [0.25, 0.3) is 0 Å². The molecule has 1 saturated carbocycles. The Labute approximate surface area is 169 Å². The van der Waals surface area contributed by atoms with Crippen LogP contribution in [0.15, 0.2) is 24.3 Å². The van der Waals surface area contributed by atoms with Crippen molar-refractivity contribution in [2.24, 2.45) is 11.8 Å². The maximum absolute atomic E-state index is 13.3. The fourth-order valence-electron chi connectivity index (χ4n) is 5.74. The lowest BCUT2D eigenvalue weighted by Gasteiger charge is -2.43. The molecule has 1 amide bonds. The van der Waals surface area contributed by atoms with Crippen LogP contribution in [0.2, 0.25) is 0 Å². The number of amides is 1. The lowest BCUT2D eigenvalue weighted by Crippen LogP contribution is -2.45. The van der Waals surface area contributed by atoms with Gasteiger partial charge in [-0.1, -0.05) is 43.5 Å². The molecule has 2 atom stereocenters. The molecule has 154 valence electrons. The van der Waals surface area contributed by atoms with Crippen LogP contribution in [0.3, 0.4) is 0 Å². The molecular weight excluding hydrogens is 348 g/mol. The summed E-state index contributed by atoms with van der Waals surface area (Å²) in [6, 6.07) is 9.10. The van der Waals surface area contributed by atoms with E-state index in [1.54, 1.807) is 0 Å². The molecule has 0 bridgehead atoms. The average molecular weight is 385 g/mol. The molecule has 2 fully saturated rings. The van der Waals surface area contributed by atoms with Crippen molar-refractivity contribution in [2.75, 3.05) is 32.8 Å². The van der Waals surface area contributed by atoms with Crippen LogP contribution in [-0.2, 0) is 11.2 Å². The molecule has 1 saturated heterocycles. The molecule has 0 radical (unpaired) electrons. The minimum atomic E-state index is 0.275. The van der Waals surface area contributed by atoms with Crippen LogP contribution in [-0.4, -0.2) is 53.6 Å². The summed E-state index contributed by atoms with van der Waals surface area (Å²) in [6.07, 6.45) is 10.3. The normalized spacial score (nSPS) is 26.8. The number of hydrogen-bond acceptors (Lipinski definition) is 3. The fourth-order valence-corrected chi connectivity index (χ4v) is 5.74. The van der Waals surface area contributed by atoms with Gasteiger partial charge in [0.1, 0.15) is 0 Å². The van der Waals surface area contributed by atoms with Crippen molar-refractivity contribution in [1.29, 1.82) is 0 Å². The second kappa shape index (κ2) is 9.41. The van der Waals surface area contributed by atoms with Crippen molar-refractivity contribution < 1.29 is 9.90 Å². The van der Waals surface area contributed by atoms with Crippen LogP contribution in [0, 0.1) is 11.8 Å². The third-order valence-electron chi connectivity index (χ3n) is 7.25. The number of piperidine rings is 1. The summed E-state index contributed by atoms with van der Waals surface area (Å²) in [4.78, 5) is 17.9. The monoisotopic (exact) mass is 384 g/mol. The first-order chi connectivity index (χ1) is 13.8. The number of hydrogen-bond donors (Lipinski definition) is 1. The number of nitrogens with zero attached hydrogens (tertiary/aromatic N) is 2. The second-order valence-electron chi connectivity index (χ2n) is 9.12. The van der Waals surface area contributed by atoms with Gasteiger partial charge in [-0.15, -0.1) is 0 Å². The molecule has 4 nitrogen and oxygen atoms in total. The van der Waals surface area contributed by atoms with Crippen LogP contribution in [0.4, 0.5) is 0 Å². The molecule has 3 aliphatic rings. The molecule has 4 heteroatoms. The summed E-state index contributed by atoms with van der Waals surface area (Å²) in [7, 11) is 0. The van der Waals surface area contributed by atoms with Crippen molar-refractivity contribution in [3.63, 3.8) is 0 Å². The predicted octanol–water partition coefficient (Wildman–Crippen LogP) is 3.79. The maximum Gasteiger partial charge on any atom is 0.224 e. The van der Waals surface area contributed by atoms with Crippen LogP contribution in [0.5, 0.6) is 0 Å². The van der Waals surface area contributed by atoms with Crippen molar-refractivity contribution in [3.8, 4) is 0 Å². The molecule has 2 heterocycles. The summed E-state index contributed by atoms with van der Waals surface area (Å²) in [5.74, 6) is 1.34. The Hall–Kier alpha value is -1.39. The Balaban J connectivity index is 1.45. The molecule has 2 unspecified atom stereocenters.